The van der Waals surface area contributed by atoms with Gasteiger partial charge in [-0.2, -0.15) is 10.2 Å². The van der Waals surface area contributed by atoms with Gasteiger partial charge in [-0.3, -0.25) is 4.57 Å². The van der Waals surface area contributed by atoms with Crippen molar-refractivity contribution in [3.05, 3.63) is 77.6 Å². The van der Waals surface area contributed by atoms with Gasteiger partial charge in [0.2, 0.25) is 0 Å². The van der Waals surface area contributed by atoms with Gasteiger partial charge in [0.1, 0.15) is 11.8 Å². The number of methoxy groups -OCH3 is 1. The van der Waals surface area contributed by atoms with Crippen molar-refractivity contribution in [1.82, 2.24) is 0 Å². The first-order valence-corrected chi connectivity index (χ1v) is 10.3. The van der Waals surface area contributed by atoms with Crippen molar-refractivity contribution in [3.8, 4) is 0 Å². The van der Waals surface area contributed by atoms with E-state index in [0.29, 0.717) is 5.30 Å². The standard InChI is InChI=1S/C20H19N2O3P/c1-24-17-12-16-14-10-6-7-11-15(14)18-19(17)21-22-20(16,18)26(23,25-2)13-8-4-3-5-9-13/h3-12,16,18-19H,1-2H3. The van der Waals surface area contributed by atoms with Crippen molar-refractivity contribution in [1.29, 1.82) is 0 Å². The van der Waals surface area contributed by atoms with Crippen molar-refractivity contribution >= 4 is 12.7 Å². The molecule has 2 aromatic rings. The van der Waals surface area contributed by atoms with E-state index in [-0.39, 0.29) is 17.9 Å². The fourth-order valence-electron chi connectivity index (χ4n) is 4.87. The third-order valence-electron chi connectivity index (χ3n) is 5.92. The van der Waals surface area contributed by atoms with Crippen LogP contribution in [0.3, 0.4) is 0 Å². The van der Waals surface area contributed by atoms with Crippen LogP contribution in [0.25, 0.3) is 0 Å². The first-order valence-electron chi connectivity index (χ1n) is 8.65. The highest BCUT2D eigenvalue weighted by Gasteiger charge is 2.71. The quantitative estimate of drug-likeness (QED) is 0.762. The van der Waals surface area contributed by atoms with E-state index in [9.17, 15) is 4.57 Å². The third kappa shape index (κ3) is 1.68. The summed E-state index contributed by atoms with van der Waals surface area (Å²) < 4.78 is 25.8. The number of rotatable bonds is 4. The Bertz CT molecular complexity index is 988. The zero-order valence-corrected chi connectivity index (χ0v) is 15.5. The topological polar surface area (TPSA) is 60.2 Å². The van der Waals surface area contributed by atoms with E-state index in [2.05, 4.69) is 17.2 Å². The van der Waals surface area contributed by atoms with Crippen LogP contribution < -0.4 is 5.30 Å². The van der Waals surface area contributed by atoms with Crippen LogP contribution in [0.1, 0.15) is 23.0 Å². The Kier molecular flexibility index (Phi) is 3.31. The molecule has 0 radical (unpaired) electrons. The second kappa shape index (κ2) is 5.38. The molecule has 0 N–H and O–H groups in total. The first kappa shape index (κ1) is 16.0. The number of azo groups is 1. The highest BCUT2D eigenvalue weighted by atomic mass is 31.2. The molecule has 0 saturated carbocycles. The SMILES string of the molecule is COC1=CC2c3ccccc3C3C1N=NC23P(=O)(OC)c1ccccc1. The summed E-state index contributed by atoms with van der Waals surface area (Å²) in [6.07, 6.45) is 2.04. The third-order valence-corrected chi connectivity index (χ3v) is 9.00. The van der Waals surface area contributed by atoms with Gasteiger partial charge < -0.3 is 9.26 Å². The molecule has 0 spiro atoms. The van der Waals surface area contributed by atoms with Crippen molar-refractivity contribution < 1.29 is 13.8 Å². The molecular formula is C20H19N2O3P. The minimum absolute atomic E-state index is 0.144. The predicted molar refractivity (Wildman–Crippen MR) is 99.1 cm³/mol. The van der Waals surface area contributed by atoms with Crippen LogP contribution in [0.15, 0.2) is 76.7 Å². The van der Waals surface area contributed by atoms with Gasteiger partial charge in [-0.05, 0) is 29.3 Å². The molecule has 5 rings (SSSR count). The molecule has 1 heterocycles. The van der Waals surface area contributed by atoms with Crippen molar-refractivity contribution in [2.45, 2.75) is 23.2 Å². The molecule has 5 unspecified atom stereocenters. The van der Waals surface area contributed by atoms with Gasteiger partial charge in [0, 0.05) is 18.3 Å². The molecule has 6 heteroatoms. The van der Waals surface area contributed by atoms with Crippen LogP contribution in [0, 0.1) is 0 Å². The Labute approximate surface area is 152 Å². The Morgan fingerprint density at radius 1 is 1.00 bits per heavy atom. The van der Waals surface area contributed by atoms with Crippen LogP contribution in [-0.2, 0) is 13.8 Å². The molecule has 4 bridgehead atoms. The van der Waals surface area contributed by atoms with Crippen LogP contribution in [0.5, 0.6) is 0 Å². The fraction of sp³-hybridized carbons (Fsp3) is 0.300. The van der Waals surface area contributed by atoms with E-state index in [0.717, 1.165) is 16.9 Å². The minimum atomic E-state index is -3.35. The number of hydrogen-bond donors (Lipinski definition) is 0. The summed E-state index contributed by atoms with van der Waals surface area (Å²) in [6, 6.07) is 17.4. The van der Waals surface area contributed by atoms with Gasteiger partial charge in [-0.25, -0.2) is 0 Å². The number of hydrogen-bond acceptors (Lipinski definition) is 5. The van der Waals surface area contributed by atoms with Crippen LogP contribution in [-0.4, -0.2) is 25.5 Å². The van der Waals surface area contributed by atoms with Crippen LogP contribution in [0.4, 0.5) is 0 Å². The average Bonchev–Trinajstić information content (AvgIpc) is 3.10. The average molecular weight is 366 g/mol. The van der Waals surface area contributed by atoms with E-state index < -0.39 is 12.6 Å². The Morgan fingerprint density at radius 3 is 2.38 bits per heavy atom. The van der Waals surface area contributed by atoms with Gasteiger partial charge in [0.25, 0.3) is 7.37 Å². The van der Waals surface area contributed by atoms with Gasteiger partial charge in [0.15, 0.2) is 5.28 Å². The molecular weight excluding hydrogens is 347 g/mol. The molecule has 0 saturated heterocycles. The molecule has 3 aliphatic rings. The van der Waals surface area contributed by atoms with Gasteiger partial charge >= 0.3 is 0 Å². The van der Waals surface area contributed by atoms with Crippen LogP contribution >= 0.6 is 7.37 Å². The summed E-state index contributed by atoms with van der Waals surface area (Å²) in [5.74, 6) is 0.463. The second-order valence-electron chi connectivity index (χ2n) is 6.87. The van der Waals surface area contributed by atoms with Crippen molar-refractivity contribution in [2.75, 3.05) is 14.2 Å². The summed E-state index contributed by atoms with van der Waals surface area (Å²) in [4.78, 5) is 0. The Morgan fingerprint density at radius 2 is 1.69 bits per heavy atom. The smallest absolute Gasteiger partial charge is 0.262 e. The molecule has 1 aliphatic heterocycles. The van der Waals surface area contributed by atoms with Crippen LogP contribution in [0.2, 0.25) is 0 Å². The molecule has 0 amide bonds. The lowest BCUT2D eigenvalue weighted by Gasteiger charge is -2.40. The zero-order chi connectivity index (χ0) is 17.9. The van der Waals surface area contributed by atoms with E-state index >= 15 is 0 Å². The molecule has 2 aromatic carbocycles. The second-order valence-corrected chi connectivity index (χ2v) is 9.57. The summed E-state index contributed by atoms with van der Waals surface area (Å²) >= 11 is 0. The largest absolute Gasteiger partial charge is 0.499 e. The number of benzene rings is 2. The summed E-state index contributed by atoms with van der Waals surface area (Å²) in [7, 11) is -0.172. The minimum Gasteiger partial charge on any atom is -0.499 e. The van der Waals surface area contributed by atoms with Crippen molar-refractivity contribution in [2.24, 2.45) is 10.2 Å². The maximum Gasteiger partial charge on any atom is 0.262 e. The van der Waals surface area contributed by atoms with Crippen molar-refractivity contribution in [3.63, 3.8) is 0 Å². The molecule has 5 nitrogen and oxygen atoms in total. The van der Waals surface area contributed by atoms with Gasteiger partial charge in [-0.15, -0.1) is 0 Å². The summed E-state index contributed by atoms with van der Waals surface area (Å²) in [5, 5.41) is 8.95. The first-order chi connectivity index (χ1) is 12.7. The van der Waals surface area contributed by atoms with Gasteiger partial charge in [-0.1, -0.05) is 42.5 Å². The van der Waals surface area contributed by atoms with Gasteiger partial charge in [0.05, 0.1) is 13.0 Å². The molecule has 0 fully saturated rings. The predicted octanol–water partition coefficient (Wildman–Crippen LogP) is 4.19. The lowest BCUT2D eigenvalue weighted by atomic mass is 9.83. The monoisotopic (exact) mass is 366 g/mol. The number of fused-ring (bicyclic) bond motifs is 2. The molecule has 5 atom stereocenters. The molecule has 2 aliphatic carbocycles. The Hall–Kier alpha value is -2.23. The van der Waals surface area contributed by atoms with E-state index in [1.54, 1.807) is 7.11 Å². The fourth-order valence-corrected chi connectivity index (χ4v) is 7.75. The highest BCUT2D eigenvalue weighted by Crippen LogP contribution is 2.77. The van der Waals surface area contributed by atoms with E-state index in [1.807, 2.05) is 48.5 Å². The lowest BCUT2D eigenvalue weighted by Crippen LogP contribution is -2.42. The molecule has 26 heavy (non-hydrogen) atoms. The normalized spacial score (nSPS) is 32.7. The maximum absolute atomic E-state index is 14.4. The summed E-state index contributed by atoms with van der Waals surface area (Å²) in [5.41, 5.74) is 2.28. The molecule has 132 valence electrons. The Balaban J connectivity index is 1.81. The number of nitrogens with zero attached hydrogens (tertiary/aromatic N) is 2. The lowest BCUT2D eigenvalue weighted by molar-refractivity contribution is 0.239. The maximum atomic E-state index is 14.4. The zero-order valence-electron chi connectivity index (χ0n) is 14.6. The summed E-state index contributed by atoms with van der Waals surface area (Å²) in [6.45, 7) is 0. The van der Waals surface area contributed by atoms with E-state index in [1.165, 1.54) is 7.11 Å². The molecule has 0 aromatic heterocycles. The van der Waals surface area contributed by atoms with E-state index in [4.69, 9.17) is 14.4 Å². The number of ether oxygens (including phenoxy) is 1. The highest BCUT2D eigenvalue weighted by molar-refractivity contribution is 7.68.